The van der Waals surface area contributed by atoms with Gasteiger partial charge in [-0.25, -0.2) is 8.78 Å². The van der Waals surface area contributed by atoms with Crippen molar-refractivity contribution >= 4 is 10.9 Å². The number of benzene rings is 2. The summed E-state index contributed by atoms with van der Waals surface area (Å²) in [4.78, 5) is 2.89. The van der Waals surface area contributed by atoms with Crippen molar-refractivity contribution in [2.45, 2.75) is 19.3 Å². The van der Waals surface area contributed by atoms with E-state index in [0.717, 1.165) is 22.9 Å². The van der Waals surface area contributed by atoms with Crippen molar-refractivity contribution in [1.82, 2.24) is 4.98 Å². The first-order valence-corrected chi connectivity index (χ1v) is 6.71. The van der Waals surface area contributed by atoms with Gasteiger partial charge in [0, 0.05) is 17.5 Å². The van der Waals surface area contributed by atoms with Gasteiger partial charge in [-0.1, -0.05) is 19.1 Å². The number of H-pyrrole nitrogens is 1. The highest BCUT2D eigenvalue weighted by Gasteiger charge is 2.15. The zero-order valence-electron chi connectivity index (χ0n) is 11.2. The first-order valence-electron chi connectivity index (χ1n) is 6.71. The van der Waals surface area contributed by atoms with E-state index in [4.69, 9.17) is 0 Å². The largest absolute Gasteiger partial charge is 0.359 e. The number of hydrogen-bond donors (Lipinski definition) is 1. The molecule has 0 radical (unpaired) electrons. The van der Waals surface area contributed by atoms with Crippen molar-refractivity contribution in [3.05, 3.63) is 71.4 Å². The molecule has 0 saturated carbocycles. The van der Waals surface area contributed by atoms with E-state index in [1.54, 1.807) is 24.4 Å². The molecule has 102 valence electrons. The first-order chi connectivity index (χ1) is 9.69. The lowest BCUT2D eigenvalue weighted by atomic mass is 9.88. The molecule has 1 N–H and O–H groups in total. The average molecular weight is 271 g/mol. The number of rotatable bonds is 3. The van der Waals surface area contributed by atoms with Gasteiger partial charge in [0.1, 0.15) is 11.6 Å². The second-order valence-electron chi connectivity index (χ2n) is 4.96. The van der Waals surface area contributed by atoms with E-state index in [2.05, 4.69) is 4.98 Å². The van der Waals surface area contributed by atoms with Crippen LogP contribution in [0.25, 0.3) is 10.9 Å². The van der Waals surface area contributed by atoms with E-state index in [9.17, 15) is 8.78 Å². The van der Waals surface area contributed by atoms with Gasteiger partial charge in [-0.15, -0.1) is 0 Å². The number of hydrogen-bond acceptors (Lipinski definition) is 0. The van der Waals surface area contributed by atoms with E-state index in [1.165, 1.54) is 12.1 Å². The molecule has 0 aliphatic carbocycles. The molecule has 0 aliphatic rings. The minimum atomic E-state index is -0.254. The maximum absolute atomic E-state index is 14.1. The Morgan fingerprint density at radius 2 is 1.75 bits per heavy atom. The summed E-state index contributed by atoms with van der Waals surface area (Å²) in [6, 6.07) is 11.8. The summed E-state index contributed by atoms with van der Waals surface area (Å²) >= 11 is 0. The second kappa shape index (κ2) is 5.08. The van der Waals surface area contributed by atoms with Gasteiger partial charge in [0.2, 0.25) is 0 Å². The molecule has 3 heteroatoms. The Kier molecular flexibility index (Phi) is 3.26. The fourth-order valence-electron chi connectivity index (χ4n) is 2.71. The molecular formula is C17H15F2N. The molecule has 1 nitrogen and oxygen atoms in total. The van der Waals surface area contributed by atoms with Crippen molar-refractivity contribution in [3.63, 3.8) is 0 Å². The van der Waals surface area contributed by atoms with Gasteiger partial charge in [-0.05, 0) is 47.9 Å². The molecule has 3 rings (SSSR count). The normalized spacial score (nSPS) is 12.8. The predicted octanol–water partition coefficient (Wildman–Crippen LogP) is 4.99. The van der Waals surface area contributed by atoms with Crippen LogP contribution in [0.1, 0.15) is 30.4 Å². The first kappa shape index (κ1) is 12.9. The van der Waals surface area contributed by atoms with Crippen molar-refractivity contribution in [2.75, 3.05) is 0 Å². The molecule has 1 heterocycles. The van der Waals surface area contributed by atoms with E-state index in [-0.39, 0.29) is 17.6 Å². The lowest BCUT2D eigenvalue weighted by molar-refractivity contribution is 0.624. The Morgan fingerprint density at radius 1 is 1.00 bits per heavy atom. The van der Waals surface area contributed by atoms with Crippen LogP contribution in [0.3, 0.4) is 0 Å². The van der Waals surface area contributed by atoms with Crippen LogP contribution < -0.4 is 0 Å². The van der Waals surface area contributed by atoms with Crippen LogP contribution in [0, 0.1) is 11.6 Å². The van der Waals surface area contributed by atoms with Gasteiger partial charge >= 0.3 is 0 Å². The third-order valence-electron chi connectivity index (χ3n) is 3.72. The van der Waals surface area contributed by atoms with Gasteiger partial charge in [-0.2, -0.15) is 0 Å². The topological polar surface area (TPSA) is 15.8 Å². The third kappa shape index (κ3) is 2.20. The van der Waals surface area contributed by atoms with Crippen molar-refractivity contribution in [3.8, 4) is 0 Å². The number of halogens is 2. The molecule has 1 atom stereocenters. The van der Waals surface area contributed by atoms with Crippen LogP contribution in [0.5, 0.6) is 0 Å². The maximum Gasteiger partial charge on any atom is 0.147 e. The Balaban J connectivity index is 2.08. The van der Waals surface area contributed by atoms with Gasteiger partial charge in [0.25, 0.3) is 0 Å². The maximum atomic E-state index is 14.1. The summed E-state index contributed by atoms with van der Waals surface area (Å²) < 4.78 is 27.1. The summed E-state index contributed by atoms with van der Waals surface area (Å²) in [6.45, 7) is 2.05. The SMILES string of the molecule is CCC(c1ccc(F)cc1)c1cc(F)c2[nH]ccc2c1. The standard InChI is InChI=1S/C17H15F2N/c1-2-15(11-3-5-14(18)6-4-11)13-9-12-7-8-20-17(12)16(19)10-13/h3-10,15,20H,2H2,1H3. The van der Waals surface area contributed by atoms with Crippen LogP contribution in [0.15, 0.2) is 48.7 Å². The number of fused-ring (bicyclic) bond motifs is 1. The van der Waals surface area contributed by atoms with Crippen LogP contribution in [0.2, 0.25) is 0 Å². The highest BCUT2D eigenvalue weighted by molar-refractivity contribution is 5.81. The lowest BCUT2D eigenvalue weighted by Crippen LogP contribution is -2.00. The Hall–Kier alpha value is -2.16. The quantitative estimate of drug-likeness (QED) is 0.691. The molecule has 0 fully saturated rings. The zero-order chi connectivity index (χ0) is 14.1. The zero-order valence-corrected chi connectivity index (χ0v) is 11.2. The number of aromatic nitrogens is 1. The lowest BCUT2D eigenvalue weighted by Gasteiger charge is -2.16. The molecule has 0 bridgehead atoms. The van der Waals surface area contributed by atoms with Crippen LogP contribution in [0.4, 0.5) is 8.78 Å². The average Bonchev–Trinajstić information content (AvgIpc) is 2.91. The van der Waals surface area contributed by atoms with E-state index >= 15 is 0 Å². The molecule has 1 unspecified atom stereocenters. The molecule has 0 spiro atoms. The van der Waals surface area contributed by atoms with Gasteiger partial charge in [-0.3, -0.25) is 0 Å². The molecule has 2 aromatic carbocycles. The second-order valence-corrected chi connectivity index (χ2v) is 4.96. The molecule has 0 aliphatic heterocycles. The Labute approximate surface area is 116 Å². The molecular weight excluding hydrogens is 256 g/mol. The minimum Gasteiger partial charge on any atom is -0.359 e. The van der Waals surface area contributed by atoms with Crippen molar-refractivity contribution in [2.24, 2.45) is 0 Å². The molecule has 0 amide bonds. The van der Waals surface area contributed by atoms with Gasteiger partial charge in [0.05, 0.1) is 5.52 Å². The highest BCUT2D eigenvalue weighted by atomic mass is 19.1. The van der Waals surface area contributed by atoms with Crippen LogP contribution >= 0.6 is 0 Å². The van der Waals surface area contributed by atoms with Gasteiger partial charge < -0.3 is 4.98 Å². The monoisotopic (exact) mass is 271 g/mol. The smallest absolute Gasteiger partial charge is 0.147 e. The summed E-state index contributed by atoms with van der Waals surface area (Å²) in [6.07, 6.45) is 2.57. The summed E-state index contributed by atoms with van der Waals surface area (Å²) in [7, 11) is 0. The molecule has 0 saturated heterocycles. The van der Waals surface area contributed by atoms with E-state index in [0.29, 0.717) is 5.52 Å². The van der Waals surface area contributed by atoms with Crippen LogP contribution in [-0.2, 0) is 0 Å². The third-order valence-corrected chi connectivity index (χ3v) is 3.72. The summed E-state index contributed by atoms with van der Waals surface area (Å²) in [5.41, 5.74) is 2.45. The number of aromatic amines is 1. The van der Waals surface area contributed by atoms with E-state index in [1.807, 2.05) is 19.1 Å². The van der Waals surface area contributed by atoms with Crippen molar-refractivity contribution in [1.29, 1.82) is 0 Å². The molecule has 20 heavy (non-hydrogen) atoms. The Morgan fingerprint density at radius 3 is 2.45 bits per heavy atom. The molecule has 3 aromatic rings. The predicted molar refractivity (Wildman–Crippen MR) is 76.8 cm³/mol. The number of nitrogens with one attached hydrogen (secondary N) is 1. The van der Waals surface area contributed by atoms with Crippen LogP contribution in [-0.4, -0.2) is 4.98 Å². The molecule has 1 aromatic heterocycles. The fourth-order valence-corrected chi connectivity index (χ4v) is 2.71. The summed E-state index contributed by atoms with van der Waals surface area (Å²) in [5.74, 6) is -0.427. The highest BCUT2D eigenvalue weighted by Crippen LogP contribution is 2.31. The summed E-state index contributed by atoms with van der Waals surface area (Å²) in [5, 5.41) is 0.862. The fraction of sp³-hybridized carbons (Fsp3) is 0.176. The van der Waals surface area contributed by atoms with Crippen molar-refractivity contribution < 1.29 is 8.78 Å². The van der Waals surface area contributed by atoms with Gasteiger partial charge in [0.15, 0.2) is 0 Å². The van der Waals surface area contributed by atoms with E-state index < -0.39 is 0 Å². The Bertz CT molecular complexity index is 728. The minimum absolute atomic E-state index is 0.0735.